The zero-order valence-electron chi connectivity index (χ0n) is 19.3. The van der Waals surface area contributed by atoms with E-state index in [4.69, 9.17) is 32.7 Å². The molecule has 2 aromatic rings. The van der Waals surface area contributed by atoms with Crippen molar-refractivity contribution in [2.75, 3.05) is 20.8 Å². The van der Waals surface area contributed by atoms with Crippen LogP contribution < -0.4 is 9.47 Å². The predicted octanol–water partition coefficient (Wildman–Crippen LogP) is 6.65. The highest BCUT2D eigenvalue weighted by atomic mass is 35.5. The van der Waals surface area contributed by atoms with Crippen molar-refractivity contribution < 1.29 is 14.3 Å². The van der Waals surface area contributed by atoms with Gasteiger partial charge >= 0.3 is 0 Å². The van der Waals surface area contributed by atoms with Crippen molar-refractivity contribution in [2.45, 2.75) is 39.0 Å². The lowest BCUT2D eigenvalue weighted by molar-refractivity contribution is -0.118. The molecule has 33 heavy (non-hydrogen) atoms. The van der Waals surface area contributed by atoms with E-state index >= 15 is 0 Å². The Kier molecular flexibility index (Phi) is 5.49. The number of carbonyl (C=O) groups is 1. The molecule has 5 rings (SSSR count). The van der Waals surface area contributed by atoms with Gasteiger partial charge in [-0.3, -0.25) is 4.79 Å². The molecule has 2 aliphatic heterocycles. The zero-order chi connectivity index (χ0) is 23.5. The predicted molar refractivity (Wildman–Crippen MR) is 132 cm³/mol. The van der Waals surface area contributed by atoms with Gasteiger partial charge in [0.25, 0.3) is 0 Å². The third-order valence-corrected chi connectivity index (χ3v) is 7.68. The van der Waals surface area contributed by atoms with Crippen LogP contribution in [0.2, 0.25) is 10.0 Å². The van der Waals surface area contributed by atoms with Gasteiger partial charge in [-0.1, -0.05) is 43.1 Å². The first kappa shape index (κ1) is 22.4. The zero-order valence-corrected chi connectivity index (χ0v) is 20.8. The maximum absolute atomic E-state index is 13.5. The Labute approximate surface area is 204 Å². The quantitative estimate of drug-likeness (QED) is 0.489. The number of ketones is 1. The molecule has 172 valence electrons. The molecule has 0 amide bonds. The van der Waals surface area contributed by atoms with E-state index in [0.717, 1.165) is 53.2 Å². The highest BCUT2D eigenvalue weighted by molar-refractivity contribution is 6.42. The van der Waals surface area contributed by atoms with E-state index in [-0.39, 0.29) is 17.1 Å². The molecular formula is C27H27Cl2NO3. The summed E-state index contributed by atoms with van der Waals surface area (Å²) in [4.78, 5) is 15.8. The minimum absolute atomic E-state index is 0.0849. The number of hydrogen-bond donors (Lipinski definition) is 0. The van der Waals surface area contributed by atoms with Crippen molar-refractivity contribution in [1.82, 2.24) is 4.90 Å². The monoisotopic (exact) mass is 483 g/mol. The van der Waals surface area contributed by atoms with Gasteiger partial charge < -0.3 is 14.4 Å². The number of halogens is 2. The van der Waals surface area contributed by atoms with Gasteiger partial charge in [0.1, 0.15) is 0 Å². The van der Waals surface area contributed by atoms with Gasteiger partial charge in [-0.25, -0.2) is 0 Å². The van der Waals surface area contributed by atoms with Crippen LogP contribution in [0.5, 0.6) is 11.5 Å². The van der Waals surface area contributed by atoms with Crippen LogP contribution in [0.15, 0.2) is 47.7 Å². The topological polar surface area (TPSA) is 38.8 Å². The number of nitrogens with zero attached hydrogens (tertiary/aromatic N) is 1. The van der Waals surface area contributed by atoms with E-state index in [1.165, 1.54) is 5.56 Å². The molecule has 0 radical (unpaired) electrons. The summed E-state index contributed by atoms with van der Waals surface area (Å²) in [5.74, 6) is 1.47. The molecule has 0 saturated heterocycles. The number of carbonyl (C=O) groups excluding carboxylic acids is 1. The summed E-state index contributed by atoms with van der Waals surface area (Å²) < 4.78 is 11.2. The van der Waals surface area contributed by atoms with E-state index in [9.17, 15) is 4.79 Å². The van der Waals surface area contributed by atoms with E-state index < -0.39 is 0 Å². The fourth-order valence-electron chi connectivity index (χ4n) is 5.43. The highest BCUT2D eigenvalue weighted by Gasteiger charge is 2.42. The Morgan fingerprint density at radius 3 is 2.42 bits per heavy atom. The van der Waals surface area contributed by atoms with Crippen LogP contribution in [0.4, 0.5) is 0 Å². The lowest BCUT2D eigenvalue weighted by Crippen LogP contribution is -2.40. The largest absolute Gasteiger partial charge is 0.493 e. The van der Waals surface area contributed by atoms with Crippen molar-refractivity contribution >= 4 is 34.7 Å². The molecule has 0 unspecified atom stereocenters. The van der Waals surface area contributed by atoms with E-state index in [2.05, 4.69) is 37.0 Å². The van der Waals surface area contributed by atoms with Crippen molar-refractivity contribution in [1.29, 1.82) is 0 Å². The number of benzene rings is 2. The number of allylic oxidation sites excluding steroid dienone is 3. The minimum Gasteiger partial charge on any atom is -0.493 e. The molecule has 6 heteroatoms. The summed E-state index contributed by atoms with van der Waals surface area (Å²) >= 11 is 12.6. The van der Waals surface area contributed by atoms with Gasteiger partial charge in [-0.15, -0.1) is 0 Å². The molecule has 0 N–H and O–H groups in total. The van der Waals surface area contributed by atoms with Crippen LogP contribution in [-0.4, -0.2) is 31.4 Å². The van der Waals surface area contributed by atoms with Crippen LogP contribution in [0, 0.1) is 5.41 Å². The molecule has 0 bridgehead atoms. The van der Waals surface area contributed by atoms with Crippen molar-refractivity contribution in [3.63, 3.8) is 0 Å². The highest BCUT2D eigenvalue weighted by Crippen LogP contribution is 2.51. The molecule has 3 aliphatic rings. The normalized spacial score (nSPS) is 21.2. The Hall–Kier alpha value is -2.43. The molecule has 0 aromatic heterocycles. The first-order valence-corrected chi connectivity index (χ1v) is 11.9. The van der Waals surface area contributed by atoms with Crippen molar-refractivity contribution in [3.05, 3.63) is 74.4 Å². The van der Waals surface area contributed by atoms with Gasteiger partial charge in [-0.05, 0) is 59.7 Å². The summed E-state index contributed by atoms with van der Waals surface area (Å²) in [5, 5.41) is 1.01. The standard InChI is InChI=1S/C27H27Cl2NO3/c1-27(2)13-22-26(23(31)14-27)18(15-5-6-19(28)20(29)9-15)11-21-17-12-25(33-4)24(32-3)10-16(17)7-8-30(21)22/h5-6,9-12,18H,7-8,13-14H2,1-4H3/t18-/m1/s1. The number of fused-ring (bicyclic) bond motifs is 4. The van der Waals surface area contributed by atoms with Crippen LogP contribution in [0.3, 0.4) is 0 Å². The first-order valence-electron chi connectivity index (χ1n) is 11.2. The van der Waals surface area contributed by atoms with Crippen LogP contribution >= 0.6 is 23.2 Å². The van der Waals surface area contributed by atoms with Gasteiger partial charge in [0.2, 0.25) is 0 Å². The van der Waals surface area contributed by atoms with Crippen molar-refractivity contribution in [3.8, 4) is 11.5 Å². The number of ether oxygens (including phenoxy) is 2. The molecule has 2 heterocycles. The second-order valence-corrected chi connectivity index (χ2v) is 10.6. The SMILES string of the molecule is COc1cc2c(cc1OC)C1=C[C@H](c3ccc(Cl)c(Cl)c3)C3=C(CC(C)(C)CC3=O)N1CC2. The number of rotatable bonds is 3. The molecular weight excluding hydrogens is 457 g/mol. The number of Topliss-reactive ketones (excluding diaryl/α,β-unsaturated/α-hetero) is 1. The third-order valence-electron chi connectivity index (χ3n) is 6.94. The van der Waals surface area contributed by atoms with Crippen LogP contribution in [0.1, 0.15) is 49.3 Å². The average molecular weight is 484 g/mol. The summed E-state index contributed by atoms with van der Waals surface area (Å²) in [6.07, 6.45) is 4.47. The molecule has 2 aromatic carbocycles. The Balaban J connectivity index is 1.72. The Morgan fingerprint density at radius 1 is 1.00 bits per heavy atom. The molecule has 1 atom stereocenters. The molecule has 0 fully saturated rings. The average Bonchev–Trinajstić information content (AvgIpc) is 2.78. The third kappa shape index (κ3) is 3.74. The first-order chi connectivity index (χ1) is 15.7. The van der Waals surface area contributed by atoms with Gasteiger partial charge in [0.15, 0.2) is 17.3 Å². The second-order valence-electron chi connectivity index (χ2n) is 9.77. The van der Waals surface area contributed by atoms with Gasteiger partial charge in [0, 0.05) is 41.4 Å². The van der Waals surface area contributed by atoms with Crippen LogP contribution in [-0.2, 0) is 11.2 Å². The van der Waals surface area contributed by atoms with Crippen LogP contribution in [0.25, 0.3) is 5.70 Å². The van der Waals surface area contributed by atoms with Gasteiger partial charge in [0.05, 0.1) is 24.3 Å². The lowest BCUT2D eigenvalue weighted by atomic mass is 9.69. The summed E-state index contributed by atoms with van der Waals surface area (Å²) in [6.45, 7) is 5.17. The van der Waals surface area contributed by atoms with E-state index in [1.54, 1.807) is 14.2 Å². The molecule has 0 saturated carbocycles. The Bertz CT molecular complexity index is 1230. The fraction of sp³-hybridized carbons (Fsp3) is 0.370. The van der Waals surface area contributed by atoms with E-state index in [1.807, 2.05) is 18.2 Å². The maximum atomic E-state index is 13.5. The molecule has 0 spiro atoms. The Morgan fingerprint density at radius 2 is 1.73 bits per heavy atom. The molecule has 1 aliphatic carbocycles. The lowest BCUT2D eigenvalue weighted by Gasteiger charge is -2.46. The number of hydrogen-bond acceptors (Lipinski definition) is 4. The minimum atomic E-state index is -0.177. The fourth-order valence-corrected chi connectivity index (χ4v) is 5.74. The summed E-state index contributed by atoms with van der Waals surface area (Å²) in [7, 11) is 3.31. The van der Waals surface area contributed by atoms with Crippen molar-refractivity contribution in [2.24, 2.45) is 5.41 Å². The second kappa shape index (κ2) is 8.11. The number of methoxy groups -OCH3 is 2. The van der Waals surface area contributed by atoms with Gasteiger partial charge in [-0.2, -0.15) is 0 Å². The summed E-state index contributed by atoms with van der Waals surface area (Å²) in [6, 6.07) is 9.79. The van der Waals surface area contributed by atoms with E-state index in [0.29, 0.717) is 22.2 Å². The maximum Gasteiger partial charge on any atom is 0.162 e. The summed E-state index contributed by atoms with van der Waals surface area (Å²) in [5.41, 5.74) is 6.35. The smallest absolute Gasteiger partial charge is 0.162 e. The molecule has 4 nitrogen and oxygen atoms in total.